The zero-order valence-corrected chi connectivity index (χ0v) is 6.20. The summed E-state index contributed by atoms with van der Waals surface area (Å²) in [5.74, 6) is 0.934. The Labute approximate surface area is 68.0 Å². The third kappa shape index (κ3) is 0.895. The van der Waals surface area contributed by atoms with Crippen molar-refractivity contribution in [3.8, 4) is 11.3 Å². The average molecular weight is 164 g/mol. The molecule has 0 radical (unpaired) electrons. The number of aromatic nitrogens is 4. The van der Waals surface area contributed by atoms with Crippen LogP contribution in [0.15, 0.2) is 12.3 Å². The lowest BCUT2D eigenvalue weighted by Crippen LogP contribution is -1.87. The van der Waals surface area contributed by atoms with Crippen LogP contribution in [0.4, 0.5) is 11.6 Å². The van der Waals surface area contributed by atoms with Gasteiger partial charge < -0.3 is 11.5 Å². The molecule has 2 aromatic heterocycles. The van der Waals surface area contributed by atoms with Crippen molar-refractivity contribution in [3.05, 3.63) is 12.3 Å². The first-order chi connectivity index (χ1) is 5.77. The summed E-state index contributed by atoms with van der Waals surface area (Å²) in [6.45, 7) is 0. The molecule has 0 aliphatic carbocycles. The van der Waals surface area contributed by atoms with E-state index in [2.05, 4.69) is 20.4 Å². The van der Waals surface area contributed by atoms with Crippen molar-refractivity contribution in [2.75, 3.05) is 11.5 Å². The fourth-order valence-corrected chi connectivity index (χ4v) is 0.986. The van der Waals surface area contributed by atoms with Crippen LogP contribution in [-0.2, 0) is 0 Å². The van der Waals surface area contributed by atoms with E-state index in [0.717, 1.165) is 11.3 Å². The second-order valence-electron chi connectivity index (χ2n) is 2.40. The molecule has 6 heteroatoms. The van der Waals surface area contributed by atoms with Gasteiger partial charge in [-0.05, 0) is 0 Å². The van der Waals surface area contributed by atoms with E-state index in [9.17, 15) is 0 Å². The van der Waals surface area contributed by atoms with Crippen molar-refractivity contribution in [2.24, 2.45) is 0 Å². The van der Waals surface area contributed by atoms with E-state index in [0.29, 0.717) is 11.6 Å². The first kappa shape index (κ1) is 6.71. The molecule has 0 spiro atoms. The minimum absolute atomic E-state index is 0.436. The molecule has 0 aromatic carbocycles. The third-order valence-electron chi connectivity index (χ3n) is 1.56. The molecule has 0 fully saturated rings. The van der Waals surface area contributed by atoms with Crippen molar-refractivity contribution in [3.63, 3.8) is 0 Å². The molecule has 62 valence electrons. The summed E-state index contributed by atoms with van der Waals surface area (Å²) in [4.78, 5) is 0. The van der Waals surface area contributed by atoms with Gasteiger partial charge in [-0.15, -0.1) is 0 Å². The lowest BCUT2D eigenvalue weighted by atomic mass is 10.2. The van der Waals surface area contributed by atoms with Crippen molar-refractivity contribution < 1.29 is 0 Å². The standard InChI is InChI=1S/C6H8N6/c7-5-1-4(10-11-5)3-2-9-12-6(3)8/h1-2H,(H3,7,10,11)(H3,8,9,12). The molecule has 0 atom stereocenters. The van der Waals surface area contributed by atoms with Crippen LogP contribution in [0.2, 0.25) is 0 Å². The van der Waals surface area contributed by atoms with Crippen LogP contribution in [0.5, 0.6) is 0 Å². The summed E-state index contributed by atoms with van der Waals surface area (Å²) >= 11 is 0. The number of anilines is 2. The Balaban J connectivity index is 2.50. The van der Waals surface area contributed by atoms with Crippen molar-refractivity contribution in [1.29, 1.82) is 0 Å². The SMILES string of the molecule is Nc1cc(-c2cn[nH]c2N)[nH]n1. The van der Waals surface area contributed by atoms with Gasteiger partial charge in [0.15, 0.2) is 0 Å². The third-order valence-corrected chi connectivity index (χ3v) is 1.56. The highest BCUT2D eigenvalue weighted by atomic mass is 15.2. The molecule has 0 saturated heterocycles. The minimum atomic E-state index is 0.436. The summed E-state index contributed by atoms with van der Waals surface area (Å²) in [6.07, 6.45) is 1.61. The molecule has 6 N–H and O–H groups in total. The second kappa shape index (κ2) is 2.26. The topological polar surface area (TPSA) is 109 Å². The van der Waals surface area contributed by atoms with Crippen LogP contribution in [-0.4, -0.2) is 20.4 Å². The zero-order valence-electron chi connectivity index (χ0n) is 6.20. The number of nitrogen functional groups attached to an aromatic ring is 2. The molecule has 0 bridgehead atoms. The fraction of sp³-hybridized carbons (Fsp3) is 0. The molecule has 6 nitrogen and oxygen atoms in total. The lowest BCUT2D eigenvalue weighted by molar-refractivity contribution is 1.10. The maximum Gasteiger partial charge on any atom is 0.145 e. The van der Waals surface area contributed by atoms with E-state index >= 15 is 0 Å². The van der Waals surface area contributed by atoms with Gasteiger partial charge in [-0.3, -0.25) is 10.2 Å². The molecule has 2 aromatic rings. The number of aromatic amines is 2. The molecular formula is C6H8N6. The molecular weight excluding hydrogens is 156 g/mol. The first-order valence-corrected chi connectivity index (χ1v) is 3.37. The Morgan fingerprint density at radius 1 is 1.25 bits per heavy atom. The molecule has 2 rings (SSSR count). The Hall–Kier alpha value is -1.98. The second-order valence-corrected chi connectivity index (χ2v) is 2.40. The van der Waals surface area contributed by atoms with Gasteiger partial charge in [0.05, 0.1) is 17.5 Å². The zero-order chi connectivity index (χ0) is 8.55. The average Bonchev–Trinajstić information content (AvgIpc) is 2.58. The summed E-state index contributed by atoms with van der Waals surface area (Å²) in [5, 5.41) is 12.9. The van der Waals surface area contributed by atoms with Gasteiger partial charge in [-0.2, -0.15) is 10.2 Å². The van der Waals surface area contributed by atoms with Crippen molar-refractivity contribution >= 4 is 11.6 Å². The Morgan fingerprint density at radius 2 is 2.08 bits per heavy atom. The van der Waals surface area contributed by atoms with Gasteiger partial charge >= 0.3 is 0 Å². The number of nitrogens with two attached hydrogens (primary N) is 2. The predicted octanol–water partition coefficient (Wildman–Crippen LogP) is -0.0358. The van der Waals surface area contributed by atoms with Crippen LogP contribution < -0.4 is 11.5 Å². The smallest absolute Gasteiger partial charge is 0.145 e. The Kier molecular flexibility index (Phi) is 1.26. The van der Waals surface area contributed by atoms with E-state index < -0.39 is 0 Å². The van der Waals surface area contributed by atoms with Gasteiger partial charge in [0, 0.05) is 6.07 Å². The molecule has 0 aliphatic heterocycles. The summed E-state index contributed by atoms with van der Waals surface area (Å²) in [6, 6.07) is 1.70. The first-order valence-electron chi connectivity index (χ1n) is 3.37. The maximum absolute atomic E-state index is 5.58. The normalized spacial score (nSPS) is 10.3. The predicted molar refractivity (Wildman–Crippen MR) is 45.0 cm³/mol. The number of rotatable bonds is 1. The minimum Gasteiger partial charge on any atom is -0.384 e. The number of hydrogen-bond donors (Lipinski definition) is 4. The molecule has 0 aliphatic rings. The number of H-pyrrole nitrogens is 2. The van der Waals surface area contributed by atoms with Gasteiger partial charge in [0.25, 0.3) is 0 Å². The number of nitrogens with zero attached hydrogens (tertiary/aromatic N) is 2. The number of nitrogens with one attached hydrogen (secondary N) is 2. The highest BCUT2D eigenvalue weighted by molar-refractivity contribution is 5.71. The maximum atomic E-state index is 5.58. The van der Waals surface area contributed by atoms with E-state index in [1.807, 2.05) is 0 Å². The van der Waals surface area contributed by atoms with Crippen LogP contribution in [0.25, 0.3) is 11.3 Å². The van der Waals surface area contributed by atoms with E-state index in [1.54, 1.807) is 12.3 Å². The van der Waals surface area contributed by atoms with Gasteiger partial charge in [0.2, 0.25) is 0 Å². The number of hydrogen-bond acceptors (Lipinski definition) is 4. The summed E-state index contributed by atoms with van der Waals surface area (Å²) in [7, 11) is 0. The van der Waals surface area contributed by atoms with Crippen molar-refractivity contribution in [1.82, 2.24) is 20.4 Å². The lowest BCUT2D eigenvalue weighted by Gasteiger charge is -1.90. The largest absolute Gasteiger partial charge is 0.384 e. The van der Waals surface area contributed by atoms with Crippen LogP contribution in [0.1, 0.15) is 0 Å². The molecule has 12 heavy (non-hydrogen) atoms. The summed E-state index contributed by atoms with van der Waals surface area (Å²) in [5.41, 5.74) is 12.5. The fourth-order valence-electron chi connectivity index (χ4n) is 0.986. The highest BCUT2D eigenvalue weighted by Crippen LogP contribution is 2.21. The molecule has 0 unspecified atom stereocenters. The molecule has 0 saturated carbocycles. The molecule has 0 amide bonds. The van der Waals surface area contributed by atoms with E-state index in [4.69, 9.17) is 11.5 Å². The van der Waals surface area contributed by atoms with Crippen LogP contribution >= 0.6 is 0 Å². The highest BCUT2D eigenvalue weighted by Gasteiger charge is 2.06. The Morgan fingerprint density at radius 3 is 2.58 bits per heavy atom. The van der Waals surface area contributed by atoms with E-state index in [-0.39, 0.29) is 0 Å². The van der Waals surface area contributed by atoms with Crippen LogP contribution in [0, 0.1) is 0 Å². The van der Waals surface area contributed by atoms with Crippen LogP contribution in [0.3, 0.4) is 0 Å². The quantitative estimate of drug-likeness (QED) is 0.474. The van der Waals surface area contributed by atoms with Gasteiger partial charge in [-0.25, -0.2) is 0 Å². The van der Waals surface area contributed by atoms with Gasteiger partial charge in [-0.1, -0.05) is 0 Å². The summed E-state index contributed by atoms with van der Waals surface area (Å²) < 4.78 is 0. The van der Waals surface area contributed by atoms with Crippen molar-refractivity contribution in [2.45, 2.75) is 0 Å². The monoisotopic (exact) mass is 164 g/mol. The Bertz CT molecular complexity index is 386. The van der Waals surface area contributed by atoms with Gasteiger partial charge in [0.1, 0.15) is 11.6 Å². The van der Waals surface area contributed by atoms with E-state index in [1.165, 1.54) is 0 Å². The molecule has 2 heterocycles.